The number of aryl methyl sites for hydroxylation is 1. The van der Waals surface area contributed by atoms with Gasteiger partial charge in [0, 0.05) is 0 Å². The van der Waals surface area contributed by atoms with Crippen molar-refractivity contribution in [3.05, 3.63) is 34.9 Å². The smallest absolute Gasteiger partial charge is 0.0891 e. The molecule has 1 aliphatic rings. The summed E-state index contributed by atoms with van der Waals surface area (Å²) in [6.45, 7) is 13.2. The summed E-state index contributed by atoms with van der Waals surface area (Å²) < 4.78 is 6.26. The summed E-state index contributed by atoms with van der Waals surface area (Å²) in [6.07, 6.45) is 0.207. The Kier molecular flexibility index (Phi) is 2.43. The molecule has 88 valence electrons. The van der Waals surface area contributed by atoms with Crippen molar-refractivity contribution in [2.75, 3.05) is 0 Å². The molecule has 0 aliphatic carbocycles. The highest BCUT2D eigenvalue weighted by atomic mass is 16.5. The standard InChI is InChI=1S/C15H22O/c1-10-8-7-9-11-12(10)13(14(2,3)4)16-15(11,5)6/h7-9,13H,1-6H3. The molecular weight excluding hydrogens is 196 g/mol. The highest BCUT2D eigenvalue weighted by molar-refractivity contribution is 5.43. The Bertz CT molecular complexity index is 410. The van der Waals surface area contributed by atoms with E-state index >= 15 is 0 Å². The molecule has 1 heterocycles. The van der Waals surface area contributed by atoms with Crippen molar-refractivity contribution in [2.45, 2.75) is 53.2 Å². The molecule has 1 aliphatic heterocycles. The molecular formula is C15H22O. The predicted octanol–water partition coefficient (Wildman–Crippen LogP) is 4.35. The van der Waals surface area contributed by atoms with Crippen LogP contribution >= 0.6 is 0 Å². The third-order valence-electron chi connectivity index (χ3n) is 3.43. The Hall–Kier alpha value is -0.820. The van der Waals surface area contributed by atoms with Crippen molar-refractivity contribution in [1.82, 2.24) is 0 Å². The van der Waals surface area contributed by atoms with Crippen molar-refractivity contribution in [3.8, 4) is 0 Å². The lowest BCUT2D eigenvalue weighted by Gasteiger charge is -2.30. The minimum atomic E-state index is -0.153. The van der Waals surface area contributed by atoms with E-state index in [-0.39, 0.29) is 17.1 Å². The third-order valence-corrected chi connectivity index (χ3v) is 3.43. The largest absolute Gasteiger partial charge is 0.362 e. The van der Waals surface area contributed by atoms with Crippen molar-refractivity contribution < 1.29 is 4.74 Å². The minimum absolute atomic E-state index is 0.147. The fraction of sp³-hybridized carbons (Fsp3) is 0.600. The van der Waals surface area contributed by atoms with Crippen LogP contribution in [0.5, 0.6) is 0 Å². The Morgan fingerprint density at radius 3 is 2.38 bits per heavy atom. The first-order chi connectivity index (χ1) is 7.23. The summed E-state index contributed by atoms with van der Waals surface area (Å²) >= 11 is 0. The molecule has 1 aromatic rings. The van der Waals surface area contributed by atoms with Gasteiger partial charge in [0.1, 0.15) is 0 Å². The van der Waals surface area contributed by atoms with E-state index in [1.807, 2.05) is 0 Å². The van der Waals surface area contributed by atoms with Crippen LogP contribution in [-0.4, -0.2) is 0 Å². The van der Waals surface area contributed by atoms with Gasteiger partial charge in [-0.15, -0.1) is 0 Å². The lowest BCUT2D eigenvalue weighted by Crippen LogP contribution is -2.22. The Morgan fingerprint density at radius 2 is 1.81 bits per heavy atom. The molecule has 0 bridgehead atoms. The van der Waals surface area contributed by atoms with Crippen LogP contribution in [0.3, 0.4) is 0 Å². The maximum atomic E-state index is 6.26. The summed E-state index contributed by atoms with van der Waals surface area (Å²) in [5.41, 5.74) is 4.10. The molecule has 1 unspecified atom stereocenters. The SMILES string of the molecule is Cc1cccc2c1C(C(C)(C)C)OC2(C)C. The van der Waals surface area contributed by atoms with E-state index in [2.05, 4.69) is 59.7 Å². The highest BCUT2D eigenvalue weighted by Gasteiger charge is 2.43. The zero-order valence-corrected chi connectivity index (χ0v) is 11.2. The Balaban J connectivity index is 2.61. The molecule has 0 saturated heterocycles. The van der Waals surface area contributed by atoms with Crippen LogP contribution in [0.2, 0.25) is 0 Å². The molecule has 0 radical (unpaired) electrons. The minimum Gasteiger partial charge on any atom is -0.362 e. The van der Waals surface area contributed by atoms with Crippen LogP contribution in [0.15, 0.2) is 18.2 Å². The van der Waals surface area contributed by atoms with Crippen molar-refractivity contribution >= 4 is 0 Å². The monoisotopic (exact) mass is 218 g/mol. The first-order valence-electron chi connectivity index (χ1n) is 6.01. The summed E-state index contributed by atoms with van der Waals surface area (Å²) in [4.78, 5) is 0. The van der Waals surface area contributed by atoms with E-state index in [4.69, 9.17) is 4.74 Å². The Morgan fingerprint density at radius 1 is 1.19 bits per heavy atom. The fourth-order valence-corrected chi connectivity index (χ4v) is 2.58. The summed E-state index contributed by atoms with van der Waals surface area (Å²) in [5.74, 6) is 0. The van der Waals surface area contributed by atoms with Gasteiger partial charge in [-0.25, -0.2) is 0 Å². The molecule has 0 fully saturated rings. The van der Waals surface area contributed by atoms with Gasteiger partial charge < -0.3 is 4.74 Å². The number of hydrogen-bond donors (Lipinski definition) is 0. The van der Waals surface area contributed by atoms with E-state index in [0.29, 0.717) is 0 Å². The normalized spacial score (nSPS) is 23.2. The topological polar surface area (TPSA) is 9.23 Å². The van der Waals surface area contributed by atoms with Crippen molar-refractivity contribution in [2.24, 2.45) is 5.41 Å². The highest BCUT2D eigenvalue weighted by Crippen LogP contribution is 2.51. The predicted molar refractivity (Wildman–Crippen MR) is 67.5 cm³/mol. The zero-order chi connectivity index (χ0) is 12.1. The average molecular weight is 218 g/mol. The molecule has 1 nitrogen and oxygen atoms in total. The molecule has 0 amide bonds. The number of benzene rings is 1. The quantitative estimate of drug-likeness (QED) is 0.629. The summed E-state index contributed by atoms with van der Waals surface area (Å²) in [6, 6.07) is 6.51. The second kappa shape index (κ2) is 3.33. The molecule has 1 atom stereocenters. The van der Waals surface area contributed by atoms with Crippen LogP contribution in [0.25, 0.3) is 0 Å². The fourth-order valence-electron chi connectivity index (χ4n) is 2.58. The molecule has 2 rings (SSSR count). The molecule has 1 heteroatoms. The van der Waals surface area contributed by atoms with E-state index in [1.165, 1.54) is 16.7 Å². The molecule has 0 aromatic heterocycles. The molecule has 1 aromatic carbocycles. The maximum absolute atomic E-state index is 6.26. The van der Waals surface area contributed by atoms with Gasteiger partial charge in [0.15, 0.2) is 0 Å². The van der Waals surface area contributed by atoms with Crippen molar-refractivity contribution in [1.29, 1.82) is 0 Å². The third kappa shape index (κ3) is 1.67. The van der Waals surface area contributed by atoms with Crippen LogP contribution in [-0.2, 0) is 10.3 Å². The van der Waals surface area contributed by atoms with Crippen molar-refractivity contribution in [3.63, 3.8) is 0 Å². The van der Waals surface area contributed by atoms with E-state index < -0.39 is 0 Å². The number of rotatable bonds is 0. The van der Waals surface area contributed by atoms with Crippen LogP contribution in [0, 0.1) is 12.3 Å². The lowest BCUT2D eigenvalue weighted by molar-refractivity contribution is -0.0965. The van der Waals surface area contributed by atoms with Crippen LogP contribution in [0.1, 0.15) is 57.4 Å². The number of fused-ring (bicyclic) bond motifs is 1. The second-order valence-electron chi connectivity index (χ2n) is 6.41. The van der Waals surface area contributed by atoms with Gasteiger partial charge in [0.2, 0.25) is 0 Å². The average Bonchev–Trinajstić information content (AvgIpc) is 2.39. The van der Waals surface area contributed by atoms with Gasteiger partial charge in [0.05, 0.1) is 11.7 Å². The van der Waals surface area contributed by atoms with E-state index in [9.17, 15) is 0 Å². The van der Waals surface area contributed by atoms with Gasteiger partial charge >= 0.3 is 0 Å². The Labute approximate surface area is 98.8 Å². The molecule has 0 saturated carbocycles. The maximum Gasteiger partial charge on any atom is 0.0891 e. The first kappa shape index (κ1) is 11.7. The van der Waals surface area contributed by atoms with E-state index in [0.717, 1.165) is 0 Å². The van der Waals surface area contributed by atoms with Gasteiger partial charge in [-0.3, -0.25) is 0 Å². The molecule has 0 N–H and O–H groups in total. The van der Waals surface area contributed by atoms with Gasteiger partial charge in [0.25, 0.3) is 0 Å². The van der Waals surface area contributed by atoms with Gasteiger partial charge in [-0.1, -0.05) is 39.0 Å². The van der Waals surface area contributed by atoms with E-state index in [1.54, 1.807) is 0 Å². The summed E-state index contributed by atoms with van der Waals surface area (Å²) in [7, 11) is 0. The second-order valence-corrected chi connectivity index (χ2v) is 6.41. The van der Waals surface area contributed by atoms with Gasteiger partial charge in [-0.05, 0) is 42.9 Å². The van der Waals surface area contributed by atoms with Crippen LogP contribution < -0.4 is 0 Å². The zero-order valence-electron chi connectivity index (χ0n) is 11.2. The lowest BCUT2D eigenvalue weighted by atomic mass is 9.81. The number of ether oxygens (including phenoxy) is 1. The summed E-state index contributed by atoms with van der Waals surface area (Å²) in [5, 5.41) is 0. The molecule has 0 spiro atoms. The first-order valence-corrected chi connectivity index (χ1v) is 6.01. The van der Waals surface area contributed by atoms with Gasteiger partial charge in [-0.2, -0.15) is 0 Å². The number of hydrogen-bond acceptors (Lipinski definition) is 1. The van der Waals surface area contributed by atoms with Crippen LogP contribution in [0.4, 0.5) is 0 Å². The molecule has 16 heavy (non-hydrogen) atoms.